The summed E-state index contributed by atoms with van der Waals surface area (Å²) in [6, 6.07) is 7.71. The molecule has 0 aliphatic heterocycles. The first-order chi connectivity index (χ1) is 6.83. The highest BCUT2D eigenvalue weighted by Crippen LogP contribution is 2.16. The normalized spacial score (nSPS) is 10.4. The van der Waals surface area contributed by atoms with Crippen LogP contribution >= 0.6 is 0 Å². The van der Waals surface area contributed by atoms with E-state index in [9.17, 15) is 0 Å². The van der Waals surface area contributed by atoms with E-state index in [0.29, 0.717) is 0 Å². The van der Waals surface area contributed by atoms with E-state index in [4.69, 9.17) is 5.11 Å². The first-order valence-electron chi connectivity index (χ1n) is 4.52. The van der Waals surface area contributed by atoms with E-state index in [2.05, 4.69) is 5.10 Å². The van der Waals surface area contributed by atoms with Crippen molar-refractivity contribution in [3.8, 4) is 5.69 Å². The Morgan fingerprint density at radius 2 is 2.21 bits per heavy atom. The second-order valence-corrected chi connectivity index (χ2v) is 3.17. The highest BCUT2D eigenvalue weighted by Gasteiger charge is 2.04. The minimum absolute atomic E-state index is 0.0704. The zero-order valence-electron chi connectivity index (χ0n) is 8.01. The highest BCUT2D eigenvalue weighted by molar-refractivity contribution is 5.44. The Balaban J connectivity index is 2.54. The Hall–Kier alpha value is -1.61. The van der Waals surface area contributed by atoms with Gasteiger partial charge in [0.25, 0.3) is 0 Å². The average Bonchev–Trinajstić information content (AvgIpc) is 2.71. The molecule has 0 bridgehead atoms. The summed E-state index contributed by atoms with van der Waals surface area (Å²) < 4.78 is 1.80. The van der Waals surface area contributed by atoms with Gasteiger partial charge in [-0.25, -0.2) is 4.68 Å². The lowest BCUT2D eigenvalue weighted by Crippen LogP contribution is -2.00. The van der Waals surface area contributed by atoms with E-state index in [1.807, 2.05) is 37.4 Å². The number of aliphatic hydroxyl groups is 1. The number of aliphatic hydroxyl groups excluding tert-OH is 1. The van der Waals surface area contributed by atoms with E-state index in [1.165, 1.54) is 0 Å². The van der Waals surface area contributed by atoms with Gasteiger partial charge in [-0.05, 0) is 30.2 Å². The summed E-state index contributed by atoms with van der Waals surface area (Å²) in [5.41, 5.74) is 3.03. The molecular formula is C11H12N2O. The van der Waals surface area contributed by atoms with Crippen molar-refractivity contribution >= 4 is 0 Å². The predicted molar refractivity (Wildman–Crippen MR) is 54.2 cm³/mol. The molecule has 2 rings (SSSR count). The Labute approximate surface area is 82.6 Å². The number of aromatic nitrogens is 2. The minimum atomic E-state index is 0.0704. The maximum Gasteiger partial charge on any atom is 0.0685 e. The van der Waals surface area contributed by atoms with Crippen LogP contribution in [0.5, 0.6) is 0 Å². The molecule has 1 aromatic heterocycles. The lowest BCUT2D eigenvalue weighted by Gasteiger charge is -2.08. The Morgan fingerprint density at radius 1 is 1.36 bits per heavy atom. The number of rotatable bonds is 2. The predicted octanol–water partition coefficient (Wildman–Crippen LogP) is 1.67. The van der Waals surface area contributed by atoms with Crippen LogP contribution in [0.25, 0.3) is 5.69 Å². The van der Waals surface area contributed by atoms with Crippen molar-refractivity contribution in [2.24, 2.45) is 0 Å². The molecule has 0 atom stereocenters. The first kappa shape index (κ1) is 8.97. The van der Waals surface area contributed by atoms with Crippen molar-refractivity contribution in [3.63, 3.8) is 0 Å². The van der Waals surface area contributed by atoms with Crippen molar-refractivity contribution in [3.05, 3.63) is 47.8 Å². The molecule has 0 radical (unpaired) electrons. The molecule has 2 aromatic rings. The summed E-state index contributed by atoms with van der Waals surface area (Å²) in [5.74, 6) is 0. The molecule has 0 fully saturated rings. The second-order valence-electron chi connectivity index (χ2n) is 3.17. The molecule has 0 unspecified atom stereocenters. The molecule has 3 heteroatoms. The third-order valence-corrected chi connectivity index (χ3v) is 2.34. The number of benzene rings is 1. The molecule has 0 saturated carbocycles. The van der Waals surface area contributed by atoms with Gasteiger partial charge in [0.15, 0.2) is 0 Å². The second kappa shape index (κ2) is 3.64. The molecule has 0 saturated heterocycles. The quantitative estimate of drug-likeness (QED) is 0.778. The number of hydrogen-bond acceptors (Lipinski definition) is 2. The van der Waals surface area contributed by atoms with Crippen molar-refractivity contribution in [1.82, 2.24) is 9.78 Å². The summed E-state index contributed by atoms with van der Waals surface area (Å²) >= 11 is 0. The van der Waals surface area contributed by atoms with E-state index in [1.54, 1.807) is 10.9 Å². The van der Waals surface area contributed by atoms with E-state index >= 15 is 0 Å². The van der Waals surface area contributed by atoms with Gasteiger partial charge in [0, 0.05) is 12.4 Å². The van der Waals surface area contributed by atoms with Crippen LogP contribution in [0.3, 0.4) is 0 Å². The molecule has 0 aliphatic carbocycles. The van der Waals surface area contributed by atoms with Gasteiger partial charge in [-0.3, -0.25) is 0 Å². The molecule has 3 nitrogen and oxygen atoms in total. The molecule has 1 heterocycles. The fourth-order valence-corrected chi connectivity index (χ4v) is 1.50. The van der Waals surface area contributed by atoms with Gasteiger partial charge in [-0.15, -0.1) is 0 Å². The summed E-state index contributed by atoms with van der Waals surface area (Å²) in [5, 5.41) is 13.3. The van der Waals surface area contributed by atoms with Gasteiger partial charge in [0.05, 0.1) is 12.3 Å². The van der Waals surface area contributed by atoms with Crippen LogP contribution in [0.2, 0.25) is 0 Å². The summed E-state index contributed by atoms with van der Waals surface area (Å²) in [6.45, 7) is 2.06. The highest BCUT2D eigenvalue weighted by atomic mass is 16.3. The maximum atomic E-state index is 9.11. The summed E-state index contributed by atoms with van der Waals surface area (Å²) in [4.78, 5) is 0. The lowest BCUT2D eigenvalue weighted by atomic mass is 10.1. The summed E-state index contributed by atoms with van der Waals surface area (Å²) in [7, 11) is 0. The van der Waals surface area contributed by atoms with Gasteiger partial charge >= 0.3 is 0 Å². The monoisotopic (exact) mass is 188 g/mol. The number of hydrogen-bond donors (Lipinski definition) is 1. The zero-order chi connectivity index (χ0) is 9.97. The molecule has 14 heavy (non-hydrogen) atoms. The van der Waals surface area contributed by atoms with Crippen molar-refractivity contribution in [2.45, 2.75) is 13.5 Å². The molecule has 0 amide bonds. The molecule has 0 aliphatic rings. The molecule has 72 valence electrons. The minimum Gasteiger partial charge on any atom is -0.392 e. The lowest BCUT2D eigenvalue weighted by molar-refractivity contribution is 0.281. The van der Waals surface area contributed by atoms with E-state index in [-0.39, 0.29) is 6.61 Å². The van der Waals surface area contributed by atoms with Gasteiger partial charge in [-0.1, -0.05) is 12.1 Å². The standard InChI is InChI=1S/C11H12N2O/c1-9-10(8-14)4-2-5-11(9)13-7-3-6-12-13/h2-7,14H,8H2,1H3. The van der Waals surface area contributed by atoms with Gasteiger partial charge in [0.1, 0.15) is 0 Å². The van der Waals surface area contributed by atoms with Crippen molar-refractivity contribution in [2.75, 3.05) is 0 Å². The van der Waals surface area contributed by atoms with E-state index in [0.717, 1.165) is 16.8 Å². The van der Waals surface area contributed by atoms with E-state index < -0.39 is 0 Å². The fraction of sp³-hybridized carbons (Fsp3) is 0.182. The van der Waals surface area contributed by atoms with Crippen LogP contribution < -0.4 is 0 Å². The van der Waals surface area contributed by atoms with Crippen molar-refractivity contribution in [1.29, 1.82) is 0 Å². The van der Waals surface area contributed by atoms with Gasteiger partial charge in [0.2, 0.25) is 0 Å². The molecule has 1 N–H and O–H groups in total. The molecular weight excluding hydrogens is 176 g/mol. The largest absolute Gasteiger partial charge is 0.392 e. The van der Waals surface area contributed by atoms with Crippen LogP contribution in [0, 0.1) is 6.92 Å². The molecule has 0 spiro atoms. The van der Waals surface area contributed by atoms with Crippen LogP contribution in [0.4, 0.5) is 0 Å². The zero-order valence-corrected chi connectivity index (χ0v) is 8.01. The smallest absolute Gasteiger partial charge is 0.0685 e. The SMILES string of the molecule is Cc1c(CO)cccc1-n1cccn1. The Bertz CT molecular complexity index is 421. The topological polar surface area (TPSA) is 38.0 Å². The maximum absolute atomic E-state index is 9.11. The average molecular weight is 188 g/mol. The third-order valence-electron chi connectivity index (χ3n) is 2.34. The Kier molecular flexibility index (Phi) is 2.33. The molecule has 1 aromatic carbocycles. The number of nitrogens with zero attached hydrogens (tertiary/aromatic N) is 2. The Morgan fingerprint density at radius 3 is 2.86 bits per heavy atom. The van der Waals surface area contributed by atoms with Gasteiger partial charge in [-0.2, -0.15) is 5.10 Å². The first-order valence-corrected chi connectivity index (χ1v) is 4.52. The third kappa shape index (κ3) is 1.42. The van der Waals surface area contributed by atoms with Crippen LogP contribution in [0.15, 0.2) is 36.7 Å². The fourth-order valence-electron chi connectivity index (χ4n) is 1.50. The van der Waals surface area contributed by atoms with Crippen molar-refractivity contribution < 1.29 is 5.11 Å². The van der Waals surface area contributed by atoms with Crippen LogP contribution in [0.1, 0.15) is 11.1 Å². The van der Waals surface area contributed by atoms with Crippen LogP contribution in [-0.4, -0.2) is 14.9 Å². The van der Waals surface area contributed by atoms with Crippen LogP contribution in [-0.2, 0) is 6.61 Å². The van der Waals surface area contributed by atoms with Gasteiger partial charge < -0.3 is 5.11 Å². The summed E-state index contributed by atoms with van der Waals surface area (Å²) in [6.07, 6.45) is 3.63.